The molecule has 2 aromatic rings. The molecule has 0 aliphatic heterocycles. The van der Waals surface area contributed by atoms with Crippen LogP contribution in [0.25, 0.3) is 0 Å². The summed E-state index contributed by atoms with van der Waals surface area (Å²) in [6.07, 6.45) is -4.49. The molecular weight excluding hydrogens is 323 g/mol. The molecule has 2 rings (SSSR count). The van der Waals surface area contributed by atoms with Crippen molar-refractivity contribution in [2.24, 2.45) is 5.73 Å². The lowest BCUT2D eigenvalue weighted by atomic mass is 10.1. The monoisotopic (exact) mass is 337 g/mol. The molecule has 0 saturated carbocycles. The minimum Gasteiger partial charge on any atom is -0.351 e. The van der Waals surface area contributed by atoms with Gasteiger partial charge in [-0.05, 0) is 35.9 Å². The van der Waals surface area contributed by atoms with Gasteiger partial charge >= 0.3 is 12.2 Å². The van der Waals surface area contributed by atoms with Crippen LogP contribution in [0.5, 0.6) is 0 Å². The number of nitrogens with one attached hydrogen (secondary N) is 2. The molecule has 0 saturated heterocycles. The number of primary amides is 1. The van der Waals surface area contributed by atoms with Gasteiger partial charge in [-0.25, -0.2) is 4.79 Å². The van der Waals surface area contributed by atoms with Crippen LogP contribution in [-0.2, 0) is 17.4 Å². The second-order valence-corrected chi connectivity index (χ2v) is 4.99. The lowest BCUT2D eigenvalue weighted by molar-refractivity contribution is -0.137. The fourth-order valence-electron chi connectivity index (χ4n) is 2.02. The lowest BCUT2D eigenvalue weighted by Crippen LogP contribution is -2.19. The summed E-state index contributed by atoms with van der Waals surface area (Å²) >= 11 is 0. The van der Waals surface area contributed by atoms with Crippen molar-refractivity contribution in [2.45, 2.75) is 12.6 Å². The number of carbonyl (C=O) groups is 2. The van der Waals surface area contributed by atoms with E-state index < -0.39 is 23.7 Å². The third kappa shape index (κ3) is 5.01. The molecule has 8 heteroatoms. The maximum absolute atomic E-state index is 12.5. The molecule has 4 N–H and O–H groups in total. The summed E-state index contributed by atoms with van der Waals surface area (Å²) in [5.41, 5.74) is 5.53. The van der Waals surface area contributed by atoms with E-state index in [0.717, 1.165) is 12.1 Å². The van der Waals surface area contributed by atoms with Gasteiger partial charge in [-0.15, -0.1) is 0 Å². The molecular formula is C16H14F3N3O2. The first-order chi connectivity index (χ1) is 11.2. The maximum atomic E-state index is 12.5. The predicted molar refractivity (Wildman–Crippen MR) is 83.4 cm³/mol. The van der Waals surface area contributed by atoms with Crippen molar-refractivity contribution < 1.29 is 22.8 Å². The molecule has 5 nitrogen and oxygen atoms in total. The Morgan fingerprint density at radius 3 is 2.08 bits per heavy atom. The number of alkyl halides is 3. The molecule has 0 spiro atoms. The smallest absolute Gasteiger partial charge is 0.351 e. The molecule has 0 unspecified atom stereocenters. The van der Waals surface area contributed by atoms with Gasteiger partial charge in [-0.3, -0.25) is 4.79 Å². The van der Waals surface area contributed by atoms with E-state index in [9.17, 15) is 22.8 Å². The molecule has 0 aliphatic rings. The highest BCUT2D eigenvalue weighted by molar-refractivity contribution is 5.94. The minimum absolute atomic E-state index is 0.0778. The molecule has 0 heterocycles. The Morgan fingerprint density at radius 2 is 1.54 bits per heavy atom. The van der Waals surface area contributed by atoms with Crippen molar-refractivity contribution >= 4 is 23.3 Å². The second kappa shape index (κ2) is 7.03. The van der Waals surface area contributed by atoms with Crippen LogP contribution in [0.3, 0.4) is 0 Å². The number of urea groups is 1. The minimum atomic E-state index is -4.41. The van der Waals surface area contributed by atoms with E-state index >= 15 is 0 Å². The molecule has 0 aliphatic carbocycles. The summed E-state index contributed by atoms with van der Waals surface area (Å²) in [5, 5.41) is 4.97. The highest BCUT2D eigenvalue weighted by Crippen LogP contribution is 2.29. The van der Waals surface area contributed by atoms with E-state index in [1.165, 1.54) is 18.2 Å². The van der Waals surface area contributed by atoms with Crippen LogP contribution in [0.15, 0.2) is 48.5 Å². The van der Waals surface area contributed by atoms with Crippen LogP contribution in [-0.4, -0.2) is 11.9 Å². The Balaban J connectivity index is 1.99. The summed E-state index contributed by atoms with van der Waals surface area (Å²) in [6, 6.07) is 9.96. The van der Waals surface area contributed by atoms with Gasteiger partial charge < -0.3 is 16.4 Å². The zero-order chi connectivity index (χ0) is 17.7. The Hall–Kier alpha value is -3.03. The topological polar surface area (TPSA) is 84.2 Å². The average molecular weight is 337 g/mol. The summed E-state index contributed by atoms with van der Waals surface area (Å²) in [5.74, 6) is -0.397. The van der Waals surface area contributed by atoms with Crippen molar-refractivity contribution in [3.63, 3.8) is 0 Å². The molecule has 0 radical (unpaired) electrons. The van der Waals surface area contributed by atoms with Crippen molar-refractivity contribution in [1.29, 1.82) is 0 Å². The summed E-state index contributed by atoms with van der Waals surface area (Å²) in [7, 11) is 0. The van der Waals surface area contributed by atoms with Crippen molar-refractivity contribution in [3.8, 4) is 0 Å². The molecule has 0 fully saturated rings. The maximum Gasteiger partial charge on any atom is 0.416 e. The Kier molecular flexibility index (Phi) is 5.08. The van der Waals surface area contributed by atoms with E-state index in [0.29, 0.717) is 16.9 Å². The third-order valence-corrected chi connectivity index (χ3v) is 3.06. The molecule has 0 bridgehead atoms. The predicted octanol–water partition coefficient (Wildman–Crippen LogP) is 3.38. The number of halogens is 3. The number of rotatable bonds is 4. The Morgan fingerprint density at radius 1 is 0.958 bits per heavy atom. The fraction of sp³-hybridized carbons (Fsp3) is 0.125. The van der Waals surface area contributed by atoms with E-state index in [2.05, 4.69) is 10.6 Å². The number of hydrogen-bond acceptors (Lipinski definition) is 2. The quantitative estimate of drug-likeness (QED) is 0.799. The molecule has 24 heavy (non-hydrogen) atoms. The number of carbonyl (C=O) groups excluding carboxylic acids is 2. The van der Waals surface area contributed by atoms with Gasteiger partial charge in [0.05, 0.1) is 12.0 Å². The number of benzene rings is 2. The van der Waals surface area contributed by atoms with Crippen molar-refractivity contribution in [3.05, 3.63) is 59.7 Å². The van der Waals surface area contributed by atoms with Crippen LogP contribution in [0.2, 0.25) is 0 Å². The van der Waals surface area contributed by atoms with Crippen LogP contribution >= 0.6 is 0 Å². The van der Waals surface area contributed by atoms with E-state index in [1.807, 2.05) is 0 Å². The van der Waals surface area contributed by atoms with Gasteiger partial charge in [-0.1, -0.05) is 18.2 Å². The number of hydrogen-bond donors (Lipinski definition) is 3. The van der Waals surface area contributed by atoms with Crippen molar-refractivity contribution in [2.75, 3.05) is 10.6 Å². The molecule has 3 amide bonds. The van der Waals surface area contributed by atoms with Gasteiger partial charge in [0, 0.05) is 11.4 Å². The van der Waals surface area contributed by atoms with Gasteiger partial charge in [0.25, 0.3) is 0 Å². The van der Waals surface area contributed by atoms with Gasteiger partial charge in [0.15, 0.2) is 0 Å². The van der Waals surface area contributed by atoms with E-state index in [-0.39, 0.29) is 6.42 Å². The van der Waals surface area contributed by atoms with Crippen LogP contribution in [0.4, 0.5) is 29.3 Å². The first-order valence-corrected chi connectivity index (χ1v) is 6.86. The molecule has 126 valence electrons. The standard InChI is InChI=1S/C16H14F3N3O2/c17-16(18,19)11-6-4-10(5-7-11)8-14(23)21-12-2-1-3-13(9-12)22-15(20)24/h1-7,9H,8H2,(H,21,23)(H3,20,22,24). The van der Waals surface area contributed by atoms with Gasteiger partial charge in [0.1, 0.15) is 0 Å². The van der Waals surface area contributed by atoms with Gasteiger partial charge in [0.2, 0.25) is 5.91 Å². The van der Waals surface area contributed by atoms with Crippen molar-refractivity contribution in [1.82, 2.24) is 0 Å². The van der Waals surface area contributed by atoms with Gasteiger partial charge in [-0.2, -0.15) is 13.2 Å². The van der Waals surface area contributed by atoms with E-state index in [1.54, 1.807) is 18.2 Å². The zero-order valence-corrected chi connectivity index (χ0v) is 12.4. The fourth-order valence-corrected chi connectivity index (χ4v) is 2.02. The molecule has 0 aromatic heterocycles. The summed E-state index contributed by atoms with van der Waals surface area (Å²) in [6.45, 7) is 0. The largest absolute Gasteiger partial charge is 0.416 e. The molecule has 0 atom stereocenters. The van der Waals surface area contributed by atoms with E-state index in [4.69, 9.17) is 5.73 Å². The highest BCUT2D eigenvalue weighted by Gasteiger charge is 2.29. The lowest BCUT2D eigenvalue weighted by Gasteiger charge is -2.09. The third-order valence-electron chi connectivity index (χ3n) is 3.06. The summed E-state index contributed by atoms with van der Waals surface area (Å²) in [4.78, 5) is 22.7. The van der Waals surface area contributed by atoms with Crippen LogP contribution in [0.1, 0.15) is 11.1 Å². The Bertz CT molecular complexity index is 743. The first-order valence-electron chi connectivity index (χ1n) is 6.86. The Labute approximate surface area is 135 Å². The van der Waals surface area contributed by atoms with Crippen LogP contribution < -0.4 is 16.4 Å². The number of nitrogens with two attached hydrogens (primary N) is 1. The zero-order valence-electron chi connectivity index (χ0n) is 12.4. The number of anilines is 2. The average Bonchev–Trinajstić information content (AvgIpc) is 2.46. The van der Waals surface area contributed by atoms with Crippen LogP contribution in [0, 0.1) is 0 Å². The number of amides is 3. The SMILES string of the molecule is NC(=O)Nc1cccc(NC(=O)Cc2ccc(C(F)(F)F)cc2)c1. The second-order valence-electron chi connectivity index (χ2n) is 4.99. The summed E-state index contributed by atoms with van der Waals surface area (Å²) < 4.78 is 37.4. The normalized spacial score (nSPS) is 11.0. The highest BCUT2D eigenvalue weighted by atomic mass is 19.4. The first kappa shape index (κ1) is 17.3. The molecule has 2 aromatic carbocycles.